The highest BCUT2D eigenvalue weighted by atomic mass is 19.1. The molecular weight excluding hydrogens is 423 g/mol. The summed E-state index contributed by atoms with van der Waals surface area (Å²) in [5.41, 5.74) is 1.13. The maximum Gasteiger partial charge on any atom is 0.326 e. The summed E-state index contributed by atoms with van der Waals surface area (Å²) in [5, 5.41) is 18.0. The van der Waals surface area contributed by atoms with Gasteiger partial charge in [0.15, 0.2) is 12.4 Å². The van der Waals surface area contributed by atoms with Crippen LogP contribution in [0.25, 0.3) is 17.0 Å². The summed E-state index contributed by atoms with van der Waals surface area (Å²) >= 11 is 0. The Bertz CT molecular complexity index is 1230. The summed E-state index contributed by atoms with van der Waals surface area (Å²) in [4.78, 5) is 28.1. The van der Waals surface area contributed by atoms with Gasteiger partial charge in [0, 0.05) is 24.2 Å². The SMILES string of the molecule is CCCc1nn(-c2ccc(F)cc2)c([O-])c1C1=C([n+]2ccccc2)C(=O)N(CC(C)C)C1=O. The molecular formula is C25H25FN4O3. The van der Waals surface area contributed by atoms with E-state index in [9.17, 15) is 19.1 Å². The number of nitrogens with zero attached hydrogens (tertiary/aromatic N) is 4. The van der Waals surface area contributed by atoms with E-state index in [2.05, 4.69) is 5.10 Å². The van der Waals surface area contributed by atoms with Crippen molar-refractivity contribution in [1.29, 1.82) is 0 Å². The van der Waals surface area contributed by atoms with Crippen LogP contribution in [0.4, 0.5) is 4.39 Å². The lowest BCUT2D eigenvalue weighted by Gasteiger charge is -2.17. The van der Waals surface area contributed by atoms with Gasteiger partial charge in [0.25, 0.3) is 11.6 Å². The minimum absolute atomic E-state index is 0.0543. The van der Waals surface area contributed by atoms with Crippen LogP contribution in [0.1, 0.15) is 38.4 Å². The van der Waals surface area contributed by atoms with Crippen molar-refractivity contribution in [1.82, 2.24) is 14.7 Å². The van der Waals surface area contributed by atoms with E-state index in [0.717, 1.165) is 0 Å². The van der Waals surface area contributed by atoms with E-state index in [-0.39, 0.29) is 29.3 Å². The third-order valence-electron chi connectivity index (χ3n) is 5.39. The van der Waals surface area contributed by atoms with E-state index in [1.54, 1.807) is 35.2 Å². The quantitative estimate of drug-likeness (QED) is 0.411. The molecule has 0 radical (unpaired) electrons. The number of amides is 2. The van der Waals surface area contributed by atoms with Crippen LogP contribution >= 0.6 is 0 Å². The first-order valence-electron chi connectivity index (χ1n) is 11.0. The Labute approximate surface area is 191 Å². The number of pyridine rings is 1. The molecule has 1 aliphatic rings. The van der Waals surface area contributed by atoms with Crippen LogP contribution in [0.2, 0.25) is 0 Å². The van der Waals surface area contributed by atoms with E-state index >= 15 is 0 Å². The van der Waals surface area contributed by atoms with Crippen LogP contribution in [0.15, 0.2) is 54.9 Å². The molecule has 4 rings (SSSR count). The second kappa shape index (κ2) is 8.97. The number of rotatable bonds is 7. The van der Waals surface area contributed by atoms with E-state index in [1.807, 2.05) is 20.8 Å². The smallest absolute Gasteiger partial charge is 0.326 e. The molecule has 8 heteroatoms. The Morgan fingerprint density at radius 2 is 1.73 bits per heavy atom. The minimum Gasteiger partial charge on any atom is -0.858 e. The van der Waals surface area contributed by atoms with Gasteiger partial charge in [0.1, 0.15) is 11.4 Å². The van der Waals surface area contributed by atoms with Gasteiger partial charge >= 0.3 is 5.91 Å². The highest BCUT2D eigenvalue weighted by Gasteiger charge is 2.46. The molecule has 0 fully saturated rings. The molecule has 1 aliphatic heterocycles. The summed E-state index contributed by atoms with van der Waals surface area (Å²) in [7, 11) is 0. The Morgan fingerprint density at radius 1 is 1.06 bits per heavy atom. The number of carbonyl (C=O) groups excluding carboxylic acids is 2. The van der Waals surface area contributed by atoms with Crippen molar-refractivity contribution in [3.8, 4) is 11.6 Å². The van der Waals surface area contributed by atoms with E-state index in [4.69, 9.17) is 0 Å². The van der Waals surface area contributed by atoms with Gasteiger partial charge in [-0.1, -0.05) is 33.3 Å². The van der Waals surface area contributed by atoms with E-state index in [0.29, 0.717) is 24.2 Å². The Hall–Kier alpha value is -3.81. The lowest BCUT2D eigenvalue weighted by molar-refractivity contribution is -0.576. The molecule has 0 unspecified atom stereocenters. The number of halogens is 1. The van der Waals surface area contributed by atoms with Crippen molar-refractivity contribution in [2.45, 2.75) is 33.6 Å². The maximum atomic E-state index is 13.6. The first-order valence-corrected chi connectivity index (χ1v) is 11.0. The molecule has 1 aromatic carbocycles. The van der Waals surface area contributed by atoms with Gasteiger partial charge in [-0.05, 0) is 42.5 Å². The number of aromatic nitrogens is 3. The molecule has 7 nitrogen and oxygen atoms in total. The number of carbonyl (C=O) groups is 2. The molecule has 3 aromatic rings. The largest absolute Gasteiger partial charge is 0.858 e. The highest BCUT2D eigenvalue weighted by molar-refractivity contribution is 6.44. The third-order valence-corrected chi connectivity index (χ3v) is 5.39. The zero-order chi connectivity index (χ0) is 23.7. The lowest BCUT2D eigenvalue weighted by atomic mass is 10.0. The first kappa shape index (κ1) is 22.4. The van der Waals surface area contributed by atoms with Gasteiger partial charge in [-0.2, -0.15) is 9.67 Å². The Kier molecular flexibility index (Phi) is 6.09. The molecule has 0 aliphatic carbocycles. The monoisotopic (exact) mass is 448 g/mol. The molecule has 33 heavy (non-hydrogen) atoms. The summed E-state index contributed by atoms with van der Waals surface area (Å²) in [5.74, 6) is -1.84. The van der Waals surface area contributed by atoms with Crippen molar-refractivity contribution >= 4 is 23.1 Å². The van der Waals surface area contributed by atoms with Gasteiger partial charge in [-0.15, -0.1) is 0 Å². The summed E-state index contributed by atoms with van der Waals surface area (Å²) in [6, 6.07) is 10.7. The normalized spacial score (nSPS) is 14.2. The van der Waals surface area contributed by atoms with Crippen molar-refractivity contribution in [3.05, 3.63) is 71.9 Å². The molecule has 3 heterocycles. The van der Waals surface area contributed by atoms with Crippen LogP contribution in [0.3, 0.4) is 0 Å². The van der Waals surface area contributed by atoms with Crippen molar-refractivity contribution in [3.63, 3.8) is 0 Å². The summed E-state index contributed by atoms with van der Waals surface area (Å²) < 4.78 is 16.2. The van der Waals surface area contributed by atoms with Crippen molar-refractivity contribution in [2.24, 2.45) is 5.92 Å². The van der Waals surface area contributed by atoms with Crippen LogP contribution in [-0.4, -0.2) is 33.0 Å². The van der Waals surface area contributed by atoms with Gasteiger partial charge in [0.2, 0.25) is 0 Å². The maximum absolute atomic E-state index is 13.6. The van der Waals surface area contributed by atoms with Crippen molar-refractivity contribution in [2.75, 3.05) is 6.54 Å². The fraction of sp³-hybridized carbons (Fsp3) is 0.280. The van der Waals surface area contributed by atoms with Crippen molar-refractivity contribution < 1.29 is 23.7 Å². The molecule has 0 saturated carbocycles. The molecule has 0 bridgehead atoms. The third kappa shape index (κ3) is 4.04. The second-order valence-corrected chi connectivity index (χ2v) is 8.39. The number of imide groups is 1. The molecule has 0 N–H and O–H groups in total. The van der Waals surface area contributed by atoms with Gasteiger partial charge < -0.3 is 5.11 Å². The topological polar surface area (TPSA) is 82.1 Å². The molecule has 170 valence electrons. The molecule has 0 atom stereocenters. The number of aryl methyl sites for hydroxylation is 1. The Morgan fingerprint density at radius 3 is 2.33 bits per heavy atom. The van der Waals surface area contributed by atoms with E-state index < -0.39 is 23.5 Å². The first-order chi connectivity index (χ1) is 15.8. The number of hydrogen-bond donors (Lipinski definition) is 0. The predicted molar refractivity (Wildman–Crippen MR) is 118 cm³/mol. The fourth-order valence-corrected chi connectivity index (χ4v) is 3.97. The van der Waals surface area contributed by atoms with Gasteiger partial charge in [0.05, 0.1) is 11.4 Å². The zero-order valence-corrected chi connectivity index (χ0v) is 18.8. The molecule has 2 amide bonds. The number of benzene rings is 1. The minimum atomic E-state index is -0.512. The molecule has 0 saturated heterocycles. The lowest BCUT2D eigenvalue weighted by Crippen LogP contribution is -2.40. The average Bonchev–Trinajstić information content (AvgIpc) is 3.23. The van der Waals surface area contributed by atoms with Gasteiger partial charge in [-0.3, -0.25) is 14.5 Å². The fourth-order valence-electron chi connectivity index (χ4n) is 3.97. The Balaban J connectivity index is 1.97. The molecule has 0 spiro atoms. The average molecular weight is 448 g/mol. The highest BCUT2D eigenvalue weighted by Crippen LogP contribution is 2.37. The number of hydrogen-bond acceptors (Lipinski definition) is 4. The van der Waals surface area contributed by atoms with Gasteiger partial charge in [-0.25, -0.2) is 9.07 Å². The van der Waals surface area contributed by atoms with Crippen LogP contribution in [-0.2, 0) is 16.0 Å². The summed E-state index contributed by atoms with van der Waals surface area (Å²) in [6.45, 7) is 6.02. The van der Waals surface area contributed by atoms with Crippen LogP contribution in [0, 0.1) is 11.7 Å². The molecule has 2 aromatic heterocycles. The predicted octanol–water partition coefficient (Wildman–Crippen LogP) is 2.72. The standard InChI is InChI=1S/C25H25FN4O3/c1-4-8-19-20(24(32)30(27-19)18-11-9-17(26)10-12-18)21-22(28-13-6-5-7-14-28)25(33)29(23(21)31)15-16(2)3/h5-7,9-14,16H,4,8,15H2,1-3H3. The van der Waals surface area contributed by atoms with E-state index in [1.165, 1.54) is 33.8 Å². The zero-order valence-electron chi connectivity index (χ0n) is 18.8. The second-order valence-electron chi connectivity index (χ2n) is 8.39. The summed E-state index contributed by atoms with van der Waals surface area (Å²) in [6.07, 6.45) is 4.48. The van der Waals surface area contributed by atoms with Crippen LogP contribution in [0.5, 0.6) is 5.88 Å². The van der Waals surface area contributed by atoms with Crippen LogP contribution < -0.4 is 9.67 Å².